The molecule has 0 aliphatic heterocycles. The van der Waals surface area contributed by atoms with E-state index in [1.165, 1.54) is 152 Å². The van der Waals surface area contributed by atoms with Crippen LogP contribution >= 0.6 is 0 Å². The summed E-state index contributed by atoms with van der Waals surface area (Å²) < 4.78 is 0. The van der Waals surface area contributed by atoms with Crippen molar-refractivity contribution in [1.29, 1.82) is 0 Å². The van der Waals surface area contributed by atoms with Crippen molar-refractivity contribution in [1.82, 2.24) is 0 Å². The fraction of sp³-hybridized carbons (Fsp3) is 0. The lowest BCUT2D eigenvalue weighted by Gasteiger charge is -2.21. The molecule has 14 aromatic rings. The first kappa shape index (κ1) is 31.2. The maximum atomic E-state index is 2.55. The highest BCUT2D eigenvalue weighted by atomic mass is 14.3. The molecule has 14 aromatic carbocycles. The molecule has 0 spiro atoms. The summed E-state index contributed by atoms with van der Waals surface area (Å²) >= 11 is 0. The third-order valence-electron chi connectivity index (χ3n) is 14.1. The van der Waals surface area contributed by atoms with Crippen LogP contribution < -0.4 is 0 Å². The molecule has 272 valence electrons. The smallest absolute Gasteiger partial charge is 0.00199 e. The maximum absolute atomic E-state index is 2.55. The van der Waals surface area contributed by atoms with Crippen molar-refractivity contribution in [3.63, 3.8) is 0 Å². The van der Waals surface area contributed by atoms with Crippen molar-refractivity contribution in [3.8, 4) is 44.5 Å². The van der Waals surface area contributed by atoms with Gasteiger partial charge in [0, 0.05) is 0 Å². The molecule has 0 unspecified atom stereocenters. The highest BCUT2D eigenvalue weighted by Crippen LogP contribution is 2.54. The molecule has 60 heavy (non-hydrogen) atoms. The van der Waals surface area contributed by atoms with Gasteiger partial charge in [-0.25, -0.2) is 0 Å². The summed E-state index contributed by atoms with van der Waals surface area (Å²) in [6.45, 7) is 0. The zero-order valence-electron chi connectivity index (χ0n) is 32.5. The predicted octanol–water partition coefficient (Wildman–Crippen LogP) is 17.1. The normalized spacial score (nSPS) is 12.7. The van der Waals surface area contributed by atoms with Gasteiger partial charge in [-0.2, -0.15) is 0 Å². The molecule has 0 bridgehead atoms. The van der Waals surface area contributed by atoms with Gasteiger partial charge in [-0.15, -0.1) is 0 Å². The first-order chi connectivity index (χ1) is 29.7. The van der Waals surface area contributed by atoms with E-state index in [9.17, 15) is 0 Å². The molecule has 0 nitrogen and oxygen atoms in total. The third-order valence-corrected chi connectivity index (χ3v) is 14.1. The molecule has 0 saturated heterocycles. The monoisotopic (exact) mass is 752 g/mol. The van der Waals surface area contributed by atoms with Crippen LogP contribution in [-0.4, -0.2) is 0 Å². The molecule has 0 aromatic heterocycles. The molecule has 0 fully saturated rings. The largest absolute Gasteiger partial charge is 0.0616 e. The topological polar surface area (TPSA) is 0 Å². The number of hydrogen-bond acceptors (Lipinski definition) is 0. The second kappa shape index (κ2) is 11.0. The molecule has 0 N–H and O–H groups in total. The molecule has 0 radical (unpaired) electrons. The van der Waals surface area contributed by atoms with E-state index in [0.717, 1.165) is 0 Å². The Bertz CT molecular complexity index is 4090. The SMILES string of the molecule is c1ccc2c(c1)cc1c3c(cccc32)-c2cc3c(-c4cc5ccc6cccc7ccc(c4)c5c67)c4ccccc4c(-c4cc5ccc6cccc7ccc(c4)c5c67)c3cc2-1. The third kappa shape index (κ3) is 3.91. The minimum absolute atomic E-state index is 1.25. The van der Waals surface area contributed by atoms with Crippen LogP contribution in [0.5, 0.6) is 0 Å². The van der Waals surface area contributed by atoms with E-state index in [1.807, 2.05) is 0 Å². The van der Waals surface area contributed by atoms with E-state index in [0.29, 0.717) is 0 Å². The Kier molecular flexibility index (Phi) is 5.74. The first-order valence-corrected chi connectivity index (χ1v) is 21.1. The standard InChI is InChI=1S/C60H32/c1-2-13-44-37(8-1)30-51-50-32-53-52(31-49(50)48-17-7-16-45(44)60(48)51)58(42-26-38-22-18-33-9-5-10-34-19-23-39(27-42)56(38)54(33)34)46-14-3-4-15-47(46)59(53)43-28-40-24-20-35-11-6-12-36-21-25-41(29-43)57(40)55(35)36/h1-32H. The molecular weight excluding hydrogens is 721 g/mol. The van der Waals surface area contributed by atoms with Crippen molar-refractivity contribution in [2.45, 2.75) is 0 Å². The van der Waals surface area contributed by atoms with Gasteiger partial charge in [0.1, 0.15) is 0 Å². The van der Waals surface area contributed by atoms with Gasteiger partial charge < -0.3 is 0 Å². The highest BCUT2D eigenvalue weighted by Gasteiger charge is 2.27. The Balaban J connectivity index is 1.11. The predicted molar refractivity (Wildman–Crippen MR) is 259 cm³/mol. The van der Waals surface area contributed by atoms with Gasteiger partial charge in [0.05, 0.1) is 0 Å². The summed E-state index contributed by atoms with van der Waals surface area (Å²) in [5, 5.41) is 26.1. The molecule has 0 heterocycles. The summed E-state index contributed by atoms with van der Waals surface area (Å²) in [6, 6.07) is 74.2. The van der Waals surface area contributed by atoms with Crippen molar-refractivity contribution >= 4 is 108 Å². The van der Waals surface area contributed by atoms with Gasteiger partial charge in [-0.3, -0.25) is 0 Å². The molecular formula is C60H32. The van der Waals surface area contributed by atoms with E-state index in [4.69, 9.17) is 0 Å². The molecule has 0 heteroatoms. The van der Waals surface area contributed by atoms with Crippen LogP contribution in [0.1, 0.15) is 0 Å². The second-order valence-electron chi connectivity index (χ2n) is 17.1. The summed E-state index contributed by atoms with van der Waals surface area (Å²) in [7, 11) is 0. The lowest BCUT2D eigenvalue weighted by molar-refractivity contribution is 1.69. The lowest BCUT2D eigenvalue weighted by Crippen LogP contribution is -1.94. The average molecular weight is 753 g/mol. The molecule has 1 aliphatic carbocycles. The fourth-order valence-corrected chi connectivity index (χ4v) is 11.7. The van der Waals surface area contributed by atoms with Crippen LogP contribution in [0, 0.1) is 0 Å². The van der Waals surface area contributed by atoms with Gasteiger partial charge in [0.15, 0.2) is 0 Å². The van der Waals surface area contributed by atoms with Crippen molar-refractivity contribution < 1.29 is 0 Å². The van der Waals surface area contributed by atoms with Crippen LogP contribution in [-0.2, 0) is 0 Å². The van der Waals surface area contributed by atoms with Crippen molar-refractivity contribution in [3.05, 3.63) is 194 Å². The minimum Gasteiger partial charge on any atom is -0.0616 e. The molecule has 1 aliphatic rings. The number of hydrogen-bond donors (Lipinski definition) is 0. The first-order valence-electron chi connectivity index (χ1n) is 21.1. The quantitative estimate of drug-likeness (QED) is 0.122. The van der Waals surface area contributed by atoms with Gasteiger partial charge >= 0.3 is 0 Å². The van der Waals surface area contributed by atoms with Gasteiger partial charge in [-0.1, -0.05) is 152 Å². The summed E-state index contributed by atoms with van der Waals surface area (Å²) in [5.41, 5.74) is 10.4. The van der Waals surface area contributed by atoms with Crippen LogP contribution in [0.3, 0.4) is 0 Å². The zero-order chi connectivity index (χ0) is 38.8. The molecule has 0 atom stereocenters. The van der Waals surface area contributed by atoms with Crippen LogP contribution in [0.25, 0.3) is 152 Å². The zero-order valence-corrected chi connectivity index (χ0v) is 32.5. The Labute approximate surface area is 344 Å². The Morgan fingerprint density at radius 1 is 0.183 bits per heavy atom. The Morgan fingerprint density at radius 3 is 1.08 bits per heavy atom. The molecule has 0 amide bonds. The summed E-state index contributed by atoms with van der Waals surface area (Å²) in [6.07, 6.45) is 0. The Morgan fingerprint density at radius 2 is 0.567 bits per heavy atom. The summed E-state index contributed by atoms with van der Waals surface area (Å²) in [5.74, 6) is 0. The second-order valence-corrected chi connectivity index (χ2v) is 17.1. The van der Waals surface area contributed by atoms with Crippen LogP contribution in [0.15, 0.2) is 194 Å². The Hall–Kier alpha value is -7.80. The highest BCUT2D eigenvalue weighted by molar-refractivity contribution is 6.31. The van der Waals surface area contributed by atoms with Gasteiger partial charge in [0.2, 0.25) is 0 Å². The number of fused-ring (bicyclic) bond motifs is 7. The fourth-order valence-electron chi connectivity index (χ4n) is 11.7. The minimum atomic E-state index is 1.25. The van der Waals surface area contributed by atoms with Crippen molar-refractivity contribution in [2.75, 3.05) is 0 Å². The molecule has 15 rings (SSSR count). The van der Waals surface area contributed by atoms with Crippen LogP contribution in [0.2, 0.25) is 0 Å². The average Bonchev–Trinajstić information content (AvgIpc) is 3.60. The van der Waals surface area contributed by atoms with Gasteiger partial charge in [0.25, 0.3) is 0 Å². The van der Waals surface area contributed by atoms with Crippen LogP contribution in [0.4, 0.5) is 0 Å². The van der Waals surface area contributed by atoms with E-state index in [2.05, 4.69) is 194 Å². The van der Waals surface area contributed by atoms with Crippen molar-refractivity contribution in [2.24, 2.45) is 0 Å². The van der Waals surface area contributed by atoms with E-state index >= 15 is 0 Å². The maximum Gasteiger partial charge on any atom is -0.00199 e. The lowest BCUT2D eigenvalue weighted by atomic mass is 9.82. The van der Waals surface area contributed by atoms with E-state index in [-0.39, 0.29) is 0 Å². The van der Waals surface area contributed by atoms with Gasteiger partial charge in [-0.05, 0) is 195 Å². The number of rotatable bonds is 2. The molecule has 0 saturated carbocycles. The van der Waals surface area contributed by atoms with E-state index < -0.39 is 0 Å². The number of benzene rings is 14. The van der Waals surface area contributed by atoms with E-state index in [1.54, 1.807) is 0 Å². The summed E-state index contributed by atoms with van der Waals surface area (Å²) in [4.78, 5) is 0.